The second-order valence-electron chi connectivity index (χ2n) is 5.65. The van der Waals surface area contributed by atoms with Crippen molar-refractivity contribution >= 4 is 40.3 Å². The van der Waals surface area contributed by atoms with Gasteiger partial charge in [0, 0.05) is 20.9 Å². The molecule has 0 fully saturated rings. The van der Waals surface area contributed by atoms with Gasteiger partial charge in [-0.05, 0) is 65.4 Å². The molecule has 0 saturated carbocycles. The van der Waals surface area contributed by atoms with Crippen LogP contribution in [0.15, 0.2) is 70.7 Å². The summed E-state index contributed by atoms with van der Waals surface area (Å²) in [6, 6.07) is 20.8. The van der Waals surface area contributed by atoms with Gasteiger partial charge in [0.05, 0.1) is 0 Å². The second kappa shape index (κ2) is 8.02. The molecule has 1 N–H and O–H groups in total. The van der Waals surface area contributed by atoms with E-state index in [1.165, 1.54) is 6.08 Å². The number of rotatable bonds is 4. The molecule has 26 heavy (non-hydrogen) atoms. The average Bonchev–Trinajstić information content (AvgIpc) is 3.10. The lowest BCUT2D eigenvalue weighted by Crippen LogP contribution is -2.14. The van der Waals surface area contributed by atoms with E-state index in [1.807, 2.05) is 61.5 Å². The summed E-state index contributed by atoms with van der Waals surface area (Å²) < 4.78 is 6.89. The number of hydrogen-bond donors (Lipinski definition) is 1. The first-order valence-electron chi connectivity index (χ1n) is 7.91. The van der Waals surface area contributed by atoms with Crippen LogP contribution in [0.2, 0.25) is 0 Å². The molecule has 0 aliphatic rings. The Kier molecular flexibility index (Phi) is 5.54. The molecule has 0 aliphatic heterocycles. The molecule has 4 nitrogen and oxygen atoms in total. The molecule has 1 heterocycles. The van der Waals surface area contributed by atoms with Crippen LogP contribution >= 0.6 is 22.6 Å². The monoisotopic (exact) mass is 454 g/mol. The molecule has 0 saturated heterocycles. The van der Waals surface area contributed by atoms with Crippen LogP contribution in [0.25, 0.3) is 17.4 Å². The third-order valence-corrected chi connectivity index (χ3v) is 4.52. The van der Waals surface area contributed by atoms with Gasteiger partial charge in [0.2, 0.25) is 0 Å². The van der Waals surface area contributed by atoms with E-state index in [0.29, 0.717) is 17.2 Å². The van der Waals surface area contributed by atoms with Gasteiger partial charge in [-0.25, -0.2) is 0 Å². The average molecular weight is 454 g/mol. The maximum atomic E-state index is 12.4. The lowest BCUT2D eigenvalue weighted by molar-refractivity contribution is -0.112. The number of hydrogen-bond acceptors (Lipinski definition) is 3. The van der Waals surface area contributed by atoms with Crippen molar-refractivity contribution in [1.82, 2.24) is 0 Å². The van der Waals surface area contributed by atoms with E-state index in [1.54, 1.807) is 12.1 Å². The third kappa shape index (κ3) is 4.21. The van der Waals surface area contributed by atoms with Crippen LogP contribution in [0.3, 0.4) is 0 Å². The molecule has 3 aromatic rings. The van der Waals surface area contributed by atoms with Gasteiger partial charge in [-0.3, -0.25) is 4.79 Å². The minimum absolute atomic E-state index is 0.0169. The highest BCUT2D eigenvalue weighted by Crippen LogP contribution is 2.24. The van der Waals surface area contributed by atoms with Crippen molar-refractivity contribution in [3.63, 3.8) is 0 Å². The Morgan fingerprint density at radius 2 is 1.85 bits per heavy atom. The number of nitrogens with zero attached hydrogens (tertiary/aromatic N) is 1. The third-order valence-electron chi connectivity index (χ3n) is 3.80. The van der Waals surface area contributed by atoms with E-state index in [9.17, 15) is 10.1 Å². The first kappa shape index (κ1) is 18.0. The zero-order valence-corrected chi connectivity index (χ0v) is 16.2. The quantitative estimate of drug-likeness (QED) is 0.326. The molecular formula is C21H15IN2O2. The van der Waals surface area contributed by atoms with Crippen LogP contribution in [-0.4, -0.2) is 5.91 Å². The van der Waals surface area contributed by atoms with Crippen LogP contribution in [0.5, 0.6) is 0 Å². The van der Waals surface area contributed by atoms with E-state index < -0.39 is 5.91 Å². The second-order valence-corrected chi connectivity index (χ2v) is 6.89. The highest BCUT2D eigenvalue weighted by molar-refractivity contribution is 14.1. The molecule has 0 aliphatic carbocycles. The number of para-hydroxylation sites is 1. The molecule has 0 bridgehead atoms. The Hall–Kier alpha value is -2.85. The maximum absolute atomic E-state index is 12.4. The van der Waals surface area contributed by atoms with Crippen LogP contribution in [0, 0.1) is 21.8 Å². The van der Waals surface area contributed by atoms with Crippen molar-refractivity contribution in [2.24, 2.45) is 0 Å². The number of anilines is 1. The smallest absolute Gasteiger partial charge is 0.266 e. The van der Waals surface area contributed by atoms with E-state index in [-0.39, 0.29) is 5.57 Å². The number of furan rings is 1. The predicted molar refractivity (Wildman–Crippen MR) is 110 cm³/mol. The number of carbonyl (C=O) groups excluding carboxylic acids is 1. The lowest BCUT2D eigenvalue weighted by atomic mass is 10.1. The molecule has 0 atom stereocenters. The van der Waals surface area contributed by atoms with Gasteiger partial charge < -0.3 is 9.73 Å². The van der Waals surface area contributed by atoms with Gasteiger partial charge in [0.1, 0.15) is 23.2 Å². The number of amides is 1. The fraction of sp³-hybridized carbons (Fsp3) is 0.0476. The predicted octanol–water partition coefficient (Wildman–Crippen LogP) is 5.41. The van der Waals surface area contributed by atoms with Gasteiger partial charge in [-0.2, -0.15) is 5.26 Å². The summed E-state index contributed by atoms with van der Waals surface area (Å²) in [7, 11) is 0. The Labute approximate surface area is 165 Å². The number of benzene rings is 2. The molecule has 128 valence electrons. The fourth-order valence-electron chi connectivity index (χ4n) is 2.39. The Bertz CT molecular complexity index is 1010. The van der Waals surface area contributed by atoms with E-state index in [0.717, 1.165) is 14.7 Å². The molecule has 0 unspecified atom stereocenters. The Morgan fingerprint density at radius 1 is 1.12 bits per heavy atom. The highest BCUT2D eigenvalue weighted by atomic mass is 127. The number of nitrogens with one attached hydrogen (secondary N) is 1. The first-order chi connectivity index (χ1) is 12.6. The Balaban J connectivity index is 1.81. The summed E-state index contributed by atoms with van der Waals surface area (Å²) in [5.74, 6) is 0.674. The summed E-state index contributed by atoms with van der Waals surface area (Å²) in [4.78, 5) is 12.4. The summed E-state index contributed by atoms with van der Waals surface area (Å²) >= 11 is 2.24. The first-order valence-corrected chi connectivity index (χ1v) is 8.99. The van der Waals surface area contributed by atoms with E-state index >= 15 is 0 Å². The van der Waals surface area contributed by atoms with Crippen molar-refractivity contribution in [3.05, 3.63) is 81.1 Å². The molecule has 1 aromatic heterocycles. The van der Waals surface area contributed by atoms with Gasteiger partial charge in [-0.15, -0.1) is 0 Å². The molecule has 5 heteroatoms. The normalized spacial score (nSPS) is 11.0. The van der Waals surface area contributed by atoms with E-state index in [4.69, 9.17) is 4.42 Å². The summed E-state index contributed by atoms with van der Waals surface area (Å²) in [6.07, 6.45) is 1.45. The lowest BCUT2D eigenvalue weighted by Gasteiger charge is -2.06. The fourth-order valence-corrected chi connectivity index (χ4v) is 2.75. The maximum Gasteiger partial charge on any atom is 0.266 e. The summed E-state index contributed by atoms with van der Waals surface area (Å²) in [6.45, 7) is 1.89. The number of aryl methyl sites for hydroxylation is 1. The number of carbonyl (C=O) groups is 1. The summed E-state index contributed by atoms with van der Waals surface area (Å²) in [5.41, 5.74) is 2.53. The largest absolute Gasteiger partial charge is 0.457 e. The zero-order chi connectivity index (χ0) is 18.5. The van der Waals surface area contributed by atoms with Crippen LogP contribution < -0.4 is 5.32 Å². The van der Waals surface area contributed by atoms with Crippen molar-refractivity contribution in [1.29, 1.82) is 5.26 Å². The van der Waals surface area contributed by atoms with Crippen LogP contribution in [-0.2, 0) is 4.79 Å². The van der Waals surface area contributed by atoms with Gasteiger partial charge in [0.15, 0.2) is 0 Å². The standard InChI is InChI=1S/C21H15IN2O2/c1-14-4-2-3-5-19(14)24-21(25)16(13-23)12-18-10-11-20(26-18)15-6-8-17(22)9-7-15/h2-12H,1H3,(H,24,25)/b16-12-. The van der Waals surface area contributed by atoms with Crippen molar-refractivity contribution < 1.29 is 9.21 Å². The van der Waals surface area contributed by atoms with Crippen LogP contribution in [0.1, 0.15) is 11.3 Å². The minimum atomic E-state index is -0.464. The van der Waals surface area contributed by atoms with E-state index in [2.05, 4.69) is 27.9 Å². The van der Waals surface area contributed by atoms with Crippen molar-refractivity contribution in [3.8, 4) is 17.4 Å². The number of nitriles is 1. The molecule has 0 spiro atoms. The van der Waals surface area contributed by atoms with Gasteiger partial charge in [-0.1, -0.05) is 30.3 Å². The van der Waals surface area contributed by atoms with Crippen LogP contribution in [0.4, 0.5) is 5.69 Å². The SMILES string of the molecule is Cc1ccccc1NC(=O)/C(C#N)=C\c1ccc(-c2ccc(I)cc2)o1. The zero-order valence-electron chi connectivity index (χ0n) is 14.0. The highest BCUT2D eigenvalue weighted by Gasteiger charge is 2.12. The van der Waals surface area contributed by atoms with Gasteiger partial charge in [0.25, 0.3) is 5.91 Å². The van der Waals surface area contributed by atoms with Gasteiger partial charge >= 0.3 is 0 Å². The molecular weight excluding hydrogens is 439 g/mol. The molecule has 1 amide bonds. The molecule has 3 rings (SSSR count). The molecule has 0 radical (unpaired) electrons. The minimum Gasteiger partial charge on any atom is -0.457 e. The number of halogens is 1. The summed E-state index contributed by atoms with van der Waals surface area (Å²) in [5, 5.41) is 12.1. The van der Waals surface area contributed by atoms with Crippen molar-refractivity contribution in [2.75, 3.05) is 5.32 Å². The molecule has 2 aromatic carbocycles. The van der Waals surface area contributed by atoms with Crippen molar-refractivity contribution in [2.45, 2.75) is 6.92 Å². The Morgan fingerprint density at radius 3 is 2.54 bits per heavy atom. The topological polar surface area (TPSA) is 66.0 Å².